The van der Waals surface area contributed by atoms with Gasteiger partial charge in [0.15, 0.2) is 5.82 Å². The Morgan fingerprint density at radius 2 is 2.29 bits per heavy atom. The summed E-state index contributed by atoms with van der Waals surface area (Å²) in [6, 6.07) is 7.64. The van der Waals surface area contributed by atoms with E-state index in [-0.39, 0.29) is 11.9 Å². The predicted octanol–water partition coefficient (Wildman–Crippen LogP) is 1.97. The molecule has 0 fully saturated rings. The van der Waals surface area contributed by atoms with Gasteiger partial charge in [-0.1, -0.05) is 19.1 Å². The van der Waals surface area contributed by atoms with Gasteiger partial charge in [0.2, 0.25) is 0 Å². The highest BCUT2D eigenvalue weighted by molar-refractivity contribution is 5.94. The standard InChI is InChI=1S/C15H17N5O/c1-2-11(9-20-8-7-16-10-20)17-15(21)14-18-12-5-3-4-6-13(12)19-14/h3-8,10-11H,2,9H2,1H3,(H,17,21)(H,18,19)/t11-/m1/s1. The number of hydrogen-bond donors (Lipinski definition) is 2. The van der Waals surface area contributed by atoms with E-state index in [1.807, 2.05) is 42.0 Å². The minimum atomic E-state index is -0.182. The average Bonchev–Trinajstić information content (AvgIpc) is 3.15. The first kappa shape index (κ1) is 13.4. The summed E-state index contributed by atoms with van der Waals surface area (Å²) in [4.78, 5) is 23.6. The van der Waals surface area contributed by atoms with Crippen molar-refractivity contribution >= 4 is 16.9 Å². The number of amides is 1. The van der Waals surface area contributed by atoms with Crippen LogP contribution in [0.3, 0.4) is 0 Å². The number of benzene rings is 1. The molecule has 2 aromatic heterocycles. The van der Waals surface area contributed by atoms with Crippen LogP contribution in [0.1, 0.15) is 24.0 Å². The van der Waals surface area contributed by atoms with Gasteiger partial charge in [-0.3, -0.25) is 4.79 Å². The predicted molar refractivity (Wildman–Crippen MR) is 79.9 cm³/mol. The quantitative estimate of drug-likeness (QED) is 0.751. The van der Waals surface area contributed by atoms with E-state index in [4.69, 9.17) is 0 Å². The molecule has 0 bridgehead atoms. The maximum absolute atomic E-state index is 12.3. The molecule has 0 aliphatic heterocycles. The van der Waals surface area contributed by atoms with E-state index in [1.54, 1.807) is 12.5 Å². The zero-order valence-electron chi connectivity index (χ0n) is 11.8. The molecular weight excluding hydrogens is 266 g/mol. The highest BCUT2D eigenvalue weighted by Gasteiger charge is 2.15. The Morgan fingerprint density at radius 3 is 3.00 bits per heavy atom. The van der Waals surface area contributed by atoms with Crippen molar-refractivity contribution in [3.8, 4) is 0 Å². The van der Waals surface area contributed by atoms with Crippen LogP contribution in [-0.2, 0) is 6.54 Å². The highest BCUT2D eigenvalue weighted by Crippen LogP contribution is 2.10. The largest absolute Gasteiger partial charge is 0.345 e. The van der Waals surface area contributed by atoms with E-state index in [0.717, 1.165) is 17.5 Å². The van der Waals surface area contributed by atoms with Crippen LogP contribution in [-0.4, -0.2) is 31.5 Å². The van der Waals surface area contributed by atoms with Gasteiger partial charge in [-0.2, -0.15) is 0 Å². The molecule has 3 rings (SSSR count). The Bertz CT molecular complexity index is 698. The molecule has 0 saturated carbocycles. The summed E-state index contributed by atoms with van der Waals surface area (Å²) in [5.74, 6) is 0.165. The Kier molecular flexibility index (Phi) is 3.68. The van der Waals surface area contributed by atoms with Crippen molar-refractivity contribution in [2.24, 2.45) is 0 Å². The maximum atomic E-state index is 12.3. The van der Waals surface area contributed by atoms with Gasteiger partial charge in [0.1, 0.15) is 0 Å². The van der Waals surface area contributed by atoms with Gasteiger partial charge in [-0.25, -0.2) is 9.97 Å². The van der Waals surface area contributed by atoms with Crippen LogP contribution < -0.4 is 5.32 Å². The number of H-pyrrole nitrogens is 1. The molecule has 1 atom stereocenters. The van der Waals surface area contributed by atoms with E-state index in [2.05, 4.69) is 20.3 Å². The third kappa shape index (κ3) is 2.94. The Hall–Kier alpha value is -2.63. The number of rotatable bonds is 5. The van der Waals surface area contributed by atoms with Crippen molar-refractivity contribution in [1.29, 1.82) is 0 Å². The van der Waals surface area contributed by atoms with Crippen LogP contribution in [0.25, 0.3) is 11.0 Å². The summed E-state index contributed by atoms with van der Waals surface area (Å²) in [7, 11) is 0. The lowest BCUT2D eigenvalue weighted by Gasteiger charge is -2.16. The second kappa shape index (κ2) is 5.78. The van der Waals surface area contributed by atoms with Gasteiger partial charge in [0.05, 0.1) is 17.4 Å². The first-order chi connectivity index (χ1) is 10.3. The molecule has 21 heavy (non-hydrogen) atoms. The lowest BCUT2D eigenvalue weighted by atomic mass is 10.2. The van der Waals surface area contributed by atoms with Crippen molar-refractivity contribution in [3.63, 3.8) is 0 Å². The second-order valence-corrected chi connectivity index (χ2v) is 4.94. The molecule has 0 aliphatic carbocycles. The van der Waals surface area contributed by atoms with Gasteiger partial charge in [0, 0.05) is 25.0 Å². The molecule has 6 nitrogen and oxygen atoms in total. The number of imidazole rings is 2. The van der Waals surface area contributed by atoms with Crippen LogP contribution in [0.2, 0.25) is 0 Å². The molecule has 0 spiro atoms. The van der Waals surface area contributed by atoms with E-state index in [0.29, 0.717) is 12.4 Å². The van der Waals surface area contributed by atoms with Crippen molar-refractivity contribution < 1.29 is 4.79 Å². The lowest BCUT2D eigenvalue weighted by molar-refractivity contribution is 0.0922. The first-order valence-corrected chi connectivity index (χ1v) is 6.97. The summed E-state index contributed by atoms with van der Waals surface area (Å²) >= 11 is 0. The molecule has 0 aliphatic rings. The number of nitrogens with zero attached hydrogens (tertiary/aromatic N) is 3. The summed E-state index contributed by atoms with van der Waals surface area (Å²) in [5, 5.41) is 3.00. The highest BCUT2D eigenvalue weighted by atomic mass is 16.2. The van der Waals surface area contributed by atoms with Crippen molar-refractivity contribution in [2.75, 3.05) is 0 Å². The SMILES string of the molecule is CC[C@H](Cn1ccnc1)NC(=O)c1nc2ccccc2[nH]1. The molecule has 2 heterocycles. The third-order valence-electron chi connectivity index (χ3n) is 3.42. The summed E-state index contributed by atoms with van der Waals surface area (Å²) in [6.07, 6.45) is 6.20. The Balaban J connectivity index is 1.72. The number of aromatic amines is 1. The molecule has 3 aromatic rings. The number of fused-ring (bicyclic) bond motifs is 1. The third-order valence-corrected chi connectivity index (χ3v) is 3.42. The van der Waals surface area contributed by atoms with E-state index < -0.39 is 0 Å². The van der Waals surface area contributed by atoms with Crippen molar-refractivity contribution in [1.82, 2.24) is 24.8 Å². The number of carbonyl (C=O) groups excluding carboxylic acids is 1. The fraction of sp³-hybridized carbons (Fsp3) is 0.267. The van der Waals surface area contributed by atoms with Gasteiger partial charge >= 0.3 is 0 Å². The molecule has 0 radical (unpaired) electrons. The molecule has 0 unspecified atom stereocenters. The van der Waals surface area contributed by atoms with Gasteiger partial charge < -0.3 is 14.9 Å². The topological polar surface area (TPSA) is 75.6 Å². The molecular formula is C15H17N5O. The number of aromatic nitrogens is 4. The molecule has 2 N–H and O–H groups in total. The molecule has 108 valence electrons. The fourth-order valence-corrected chi connectivity index (χ4v) is 2.24. The average molecular weight is 283 g/mol. The molecule has 0 saturated heterocycles. The zero-order valence-corrected chi connectivity index (χ0v) is 11.8. The van der Waals surface area contributed by atoms with Crippen molar-refractivity contribution in [3.05, 3.63) is 48.8 Å². The fourth-order valence-electron chi connectivity index (χ4n) is 2.24. The molecule has 6 heteroatoms. The van der Waals surface area contributed by atoms with Gasteiger partial charge in [0.25, 0.3) is 5.91 Å². The van der Waals surface area contributed by atoms with Gasteiger partial charge in [-0.15, -0.1) is 0 Å². The number of hydrogen-bond acceptors (Lipinski definition) is 3. The second-order valence-electron chi connectivity index (χ2n) is 4.94. The van der Waals surface area contributed by atoms with Crippen LogP contribution in [0, 0.1) is 0 Å². The summed E-state index contributed by atoms with van der Waals surface area (Å²) in [5.41, 5.74) is 1.66. The van der Waals surface area contributed by atoms with Crippen molar-refractivity contribution in [2.45, 2.75) is 25.9 Å². The normalized spacial score (nSPS) is 12.4. The number of nitrogens with one attached hydrogen (secondary N) is 2. The van der Waals surface area contributed by atoms with Gasteiger partial charge in [-0.05, 0) is 18.6 Å². The van der Waals surface area contributed by atoms with Crippen LogP contribution in [0.4, 0.5) is 0 Å². The zero-order chi connectivity index (χ0) is 14.7. The van der Waals surface area contributed by atoms with E-state index in [1.165, 1.54) is 0 Å². The van der Waals surface area contributed by atoms with E-state index >= 15 is 0 Å². The van der Waals surface area contributed by atoms with Crippen LogP contribution in [0.5, 0.6) is 0 Å². The summed E-state index contributed by atoms with van der Waals surface area (Å²) in [6.45, 7) is 2.74. The van der Waals surface area contributed by atoms with Crippen LogP contribution in [0.15, 0.2) is 43.0 Å². The lowest BCUT2D eigenvalue weighted by Crippen LogP contribution is -2.37. The first-order valence-electron chi connectivity index (χ1n) is 6.97. The molecule has 1 amide bonds. The summed E-state index contributed by atoms with van der Waals surface area (Å²) < 4.78 is 1.95. The maximum Gasteiger partial charge on any atom is 0.287 e. The Labute approximate surface area is 122 Å². The minimum Gasteiger partial charge on any atom is -0.345 e. The van der Waals surface area contributed by atoms with E-state index in [9.17, 15) is 4.79 Å². The monoisotopic (exact) mass is 283 g/mol. The number of para-hydroxylation sites is 2. The minimum absolute atomic E-state index is 0.0416. The smallest absolute Gasteiger partial charge is 0.287 e. The number of carbonyl (C=O) groups is 1. The molecule has 1 aromatic carbocycles. The Morgan fingerprint density at radius 1 is 1.43 bits per heavy atom. The van der Waals surface area contributed by atoms with Crippen LogP contribution >= 0.6 is 0 Å².